The average molecular weight is 248 g/mol. The molecule has 1 aromatic rings. The van der Waals surface area contributed by atoms with Crippen molar-refractivity contribution in [2.24, 2.45) is 5.73 Å². The second kappa shape index (κ2) is 6.21. The summed E-state index contributed by atoms with van der Waals surface area (Å²) in [6.45, 7) is 3.88. The molecule has 1 aliphatic heterocycles. The molecule has 0 aliphatic carbocycles. The SMILES string of the molecule is CC[C@H](N)c1ccc(N(C)C2CCOCC2)cc1. The van der Waals surface area contributed by atoms with Crippen LogP contribution in [0.15, 0.2) is 24.3 Å². The monoisotopic (exact) mass is 248 g/mol. The van der Waals surface area contributed by atoms with E-state index in [1.54, 1.807) is 0 Å². The van der Waals surface area contributed by atoms with Crippen LogP contribution in [0.2, 0.25) is 0 Å². The molecule has 3 heteroatoms. The van der Waals surface area contributed by atoms with Gasteiger partial charge in [-0.3, -0.25) is 0 Å². The highest BCUT2D eigenvalue weighted by molar-refractivity contribution is 5.48. The second-order valence-corrected chi connectivity index (χ2v) is 5.06. The fourth-order valence-electron chi connectivity index (χ4n) is 2.48. The Morgan fingerprint density at radius 2 is 1.89 bits per heavy atom. The molecule has 1 heterocycles. The molecule has 0 aromatic heterocycles. The van der Waals surface area contributed by atoms with E-state index in [9.17, 15) is 0 Å². The predicted octanol–water partition coefficient (Wildman–Crippen LogP) is 2.71. The van der Waals surface area contributed by atoms with Gasteiger partial charge in [-0.2, -0.15) is 0 Å². The van der Waals surface area contributed by atoms with Gasteiger partial charge in [0, 0.05) is 38.0 Å². The van der Waals surface area contributed by atoms with Gasteiger partial charge in [0.25, 0.3) is 0 Å². The molecule has 0 amide bonds. The van der Waals surface area contributed by atoms with Crippen molar-refractivity contribution in [2.45, 2.75) is 38.3 Å². The summed E-state index contributed by atoms with van der Waals surface area (Å²) in [7, 11) is 2.17. The summed E-state index contributed by atoms with van der Waals surface area (Å²) in [4.78, 5) is 2.36. The van der Waals surface area contributed by atoms with Crippen molar-refractivity contribution in [1.82, 2.24) is 0 Å². The Bertz CT molecular complexity index is 357. The smallest absolute Gasteiger partial charge is 0.0485 e. The molecule has 0 unspecified atom stereocenters. The fourth-order valence-corrected chi connectivity index (χ4v) is 2.48. The van der Waals surface area contributed by atoms with E-state index in [-0.39, 0.29) is 6.04 Å². The van der Waals surface area contributed by atoms with Gasteiger partial charge >= 0.3 is 0 Å². The number of hydrogen-bond acceptors (Lipinski definition) is 3. The Kier molecular flexibility index (Phi) is 4.61. The summed E-state index contributed by atoms with van der Waals surface area (Å²) in [5, 5.41) is 0. The molecule has 3 nitrogen and oxygen atoms in total. The quantitative estimate of drug-likeness (QED) is 0.890. The van der Waals surface area contributed by atoms with Crippen molar-refractivity contribution in [3.8, 4) is 0 Å². The van der Waals surface area contributed by atoms with Gasteiger partial charge in [-0.1, -0.05) is 19.1 Å². The van der Waals surface area contributed by atoms with Crippen LogP contribution in [0.1, 0.15) is 37.8 Å². The largest absolute Gasteiger partial charge is 0.381 e. The highest BCUT2D eigenvalue weighted by Gasteiger charge is 2.18. The van der Waals surface area contributed by atoms with E-state index in [0.29, 0.717) is 6.04 Å². The van der Waals surface area contributed by atoms with Gasteiger partial charge in [-0.05, 0) is 37.0 Å². The van der Waals surface area contributed by atoms with Crippen molar-refractivity contribution < 1.29 is 4.74 Å². The summed E-state index contributed by atoms with van der Waals surface area (Å²) < 4.78 is 5.41. The minimum Gasteiger partial charge on any atom is -0.381 e. The first-order valence-electron chi connectivity index (χ1n) is 6.88. The van der Waals surface area contributed by atoms with Crippen LogP contribution in [0, 0.1) is 0 Å². The molecule has 0 radical (unpaired) electrons. The number of rotatable bonds is 4. The fraction of sp³-hybridized carbons (Fsp3) is 0.600. The molecule has 1 saturated heterocycles. The van der Waals surface area contributed by atoms with Crippen LogP contribution in [0.4, 0.5) is 5.69 Å². The Morgan fingerprint density at radius 3 is 2.44 bits per heavy atom. The first-order valence-corrected chi connectivity index (χ1v) is 6.88. The lowest BCUT2D eigenvalue weighted by molar-refractivity contribution is 0.0855. The Labute approximate surface area is 110 Å². The first-order chi connectivity index (χ1) is 8.72. The van der Waals surface area contributed by atoms with E-state index in [0.717, 1.165) is 32.5 Å². The van der Waals surface area contributed by atoms with Crippen molar-refractivity contribution in [3.63, 3.8) is 0 Å². The third-order valence-corrected chi connectivity index (χ3v) is 3.91. The van der Waals surface area contributed by atoms with Gasteiger partial charge in [0.2, 0.25) is 0 Å². The second-order valence-electron chi connectivity index (χ2n) is 5.06. The standard InChI is InChI=1S/C15H24N2O/c1-3-15(16)12-4-6-13(7-5-12)17(2)14-8-10-18-11-9-14/h4-7,14-15H,3,8-11,16H2,1-2H3/t15-/m0/s1. The number of nitrogens with zero attached hydrogens (tertiary/aromatic N) is 1. The maximum atomic E-state index is 6.03. The van der Waals surface area contributed by atoms with E-state index < -0.39 is 0 Å². The normalized spacial score (nSPS) is 18.6. The minimum absolute atomic E-state index is 0.160. The van der Waals surface area contributed by atoms with E-state index in [2.05, 4.69) is 43.1 Å². The average Bonchev–Trinajstić information content (AvgIpc) is 2.47. The van der Waals surface area contributed by atoms with Gasteiger partial charge in [0.15, 0.2) is 0 Å². The third kappa shape index (κ3) is 3.03. The highest BCUT2D eigenvalue weighted by atomic mass is 16.5. The van der Waals surface area contributed by atoms with Gasteiger partial charge in [-0.15, -0.1) is 0 Å². The van der Waals surface area contributed by atoms with Crippen LogP contribution in [-0.2, 0) is 4.74 Å². The molecule has 1 aliphatic rings. The minimum atomic E-state index is 0.160. The lowest BCUT2D eigenvalue weighted by atomic mass is 10.0. The molecule has 100 valence electrons. The number of hydrogen-bond donors (Lipinski definition) is 1. The number of ether oxygens (including phenoxy) is 1. The van der Waals surface area contributed by atoms with Crippen LogP contribution in [-0.4, -0.2) is 26.3 Å². The zero-order valence-corrected chi connectivity index (χ0v) is 11.4. The topological polar surface area (TPSA) is 38.5 Å². The van der Waals surface area contributed by atoms with Crippen molar-refractivity contribution in [1.29, 1.82) is 0 Å². The van der Waals surface area contributed by atoms with Crippen molar-refractivity contribution in [3.05, 3.63) is 29.8 Å². The van der Waals surface area contributed by atoms with Gasteiger partial charge < -0.3 is 15.4 Å². The van der Waals surface area contributed by atoms with E-state index in [1.807, 2.05) is 0 Å². The molecule has 2 N–H and O–H groups in total. The van der Waals surface area contributed by atoms with E-state index in [4.69, 9.17) is 10.5 Å². The number of anilines is 1. The molecule has 0 saturated carbocycles. The summed E-state index contributed by atoms with van der Waals surface area (Å²) in [6.07, 6.45) is 3.22. The zero-order chi connectivity index (χ0) is 13.0. The molecule has 1 aromatic carbocycles. The van der Waals surface area contributed by atoms with E-state index in [1.165, 1.54) is 11.3 Å². The number of nitrogens with two attached hydrogens (primary N) is 1. The lowest BCUT2D eigenvalue weighted by Gasteiger charge is -2.33. The van der Waals surface area contributed by atoms with Gasteiger partial charge in [0.05, 0.1) is 0 Å². The molecule has 18 heavy (non-hydrogen) atoms. The summed E-state index contributed by atoms with van der Waals surface area (Å²) in [5.74, 6) is 0. The van der Waals surface area contributed by atoms with Crippen LogP contribution >= 0.6 is 0 Å². The first kappa shape index (κ1) is 13.4. The van der Waals surface area contributed by atoms with Gasteiger partial charge in [-0.25, -0.2) is 0 Å². The Hall–Kier alpha value is -1.06. The maximum Gasteiger partial charge on any atom is 0.0485 e. The van der Waals surface area contributed by atoms with Crippen molar-refractivity contribution in [2.75, 3.05) is 25.2 Å². The Balaban J connectivity index is 2.03. The molecule has 1 atom stereocenters. The van der Waals surface area contributed by atoms with Crippen molar-refractivity contribution >= 4 is 5.69 Å². The van der Waals surface area contributed by atoms with Crippen LogP contribution in [0.5, 0.6) is 0 Å². The summed E-state index contributed by atoms with van der Waals surface area (Å²) in [6, 6.07) is 9.43. The Morgan fingerprint density at radius 1 is 1.28 bits per heavy atom. The van der Waals surface area contributed by atoms with Crippen LogP contribution in [0.3, 0.4) is 0 Å². The molecular weight excluding hydrogens is 224 g/mol. The van der Waals surface area contributed by atoms with E-state index >= 15 is 0 Å². The van der Waals surface area contributed by atoms with Crippen LogP contribution in [0.25, 0.3) is 0 Å². The summed E-state index contributed by atoms with van der Waals surface area (Å²) in [5.41, 5.74) is 8.53. The molecule has 0 bridgehead atoms. The zero-order valence-electron chi connectivity index (χ0n) is 11.4. The molecule has 2 rings (SSSR count). The van der Waals surface area contributed by atoms with Gasteiger partial charge in [0.1, 0.15) is 0 Å². The molecular formula is C15H24N2O. The molecule has 1 fully saturated rings. The number of benzene rings is 1. The maximum absolute atomic E-state index is 6.03. The highest BCUT2D eigenvalue weighted by Crippen LogP contribution is 2.23. The third-order valence-electron chi connectivity index (χ3n) is 3.91. The molecule has 0 spiro atoms. The van der Waals surface area contributed by atoms with Crippen LogP contribution < -0.4 is 10.6 Å². The summed E-state index contributed by atoms with van der Waals surface area (Å²) >= 11 is 0. The predicted molar refractivity (Wildman–Crippen MR) is 75.9 cm³/mol. The lowest BCUT2D eigenvalue weighted by Crippen LogP contribution is -2.36.